The minimum absolute atomic E-state index is 0.0556. The molecule has 0 bridgehead atoms. The number of aryl methyl sites for hydroxylation is 1. The quantitative estimate of drug-likeness (QED) is 0.362. The largest absolute Gasteiger partial charge is 0.489 e. The van der Waals surface area contributed by atoms with Crippen LogP contribution in [0.2, 0.25) is 5.02 Å². The number of aromatic nitrogens is 1. The van der Waals surface area contributed by atoms with Crippen LogP contribution in [0.15, 0.2) is 72.8 Å². The summed E-state index contributed by atoms with van der Waals surface area (Å²) in [5, 5.41) is 2.03. The molecule has 5 rings (SSSR count). The lowest BCUT2D eigenvalue weighted by molar-refractivity contribution is 0.306. The number of fused-ring (bicyclic) bond motifs is 3. The molecule has 158 valence electrons. The van der Waals surface area contributed by atoms with Crippen molar-refractivity contribution in [2.75, 3.05) is 0 Å². The van der Waals surface area contributed by atoms with E-state index in [4.69, 9.17) is 22.1 Å². The van der Waals surface area contributed by atoms with Crippen LogP contribution >= 0.6 is 11.6 Å². The molecule has 0 aliphatic heterocycles. The van der Waals surface area contributed by atoms with E-state index in [-0.39, 0.29) is 6.04 Å². The number of rotatable bonds is 6. The first-order valence-corrected chi connectivity index (χ1v) is 11.3. The van der Waals surface area contributed by atoms with Crippen LogP contribution in [0.1, 0.15) is 41.3 Å². The van der Waals surface area contributed by atoms with Crippen LogP contribution < -0.4 is 10.5 Å². The standard InChI is InChI=1S/C27H27ClN2O/c28-21-10-8-18(9-11-21)6-7-20-14-24-23-16-22(31-17-19-4-2-1-3-5-19)12-13-26(23)30-27(24)25(29)15-20/h1-5,8-13,16,20,25,30H,6-7,14-15,17,29H2. The summed E-state index contributed by atoms with van der Waals surface area (Å²) in [4.78, 5) is 3.57. The first-order chi connectivity index (χ1) is 15.2. The fourth-order valence-corrected chi connectivity index (χ4v) is 4.83. The number of hydrogen-bond donors (Lipinski definition) is 2. The lowest BCUT2D eigenvalue weighted by Crippen LogP contribution is -2.24. The van der Waals surface area contributed by atoms with E-state index in [1.165, 1.54) is 27.8 Å². The van der Waals surface area contributed by atoms with Gasteiger partial charge in [-0.25, -0.2) is 0 Å². The van der Waals surface area contributed by atoms with Crippen molar-refractivity contribution in [1.29, 1.82) is 0 Å². The predicted octanol–water partition coefficient (Wildman–Crippen LogP) is 6.60. The van der Waals surface area contributed by atoms with E-state index >= 15 is 0 Å². The van der Waals surface area contributed by atoms with Gasteiger partial charge < -0.3 is 15.5 Å². The minimum atomic E-state index is 0.0556. The highest BCUT2D eigenvalue weighted by atomic mass is 35.5. The number of benzene rings is 3. The second kappa shape index (κ2) is 8.78. The second-order valence-corrected chi connectivity index (χ2v) is 9.01. The molecule has 3 aromatic carbocycles. The summed E-state index contributed by atoms with van der Waals surface area (Å²) in [7, 11) is 0. The molecular weight excluding hydrogens is 404 g/mol. The van der Waals surface area contributed by atoms with E-state index in [1.54, 1.807) is 0 Å². The average molecular weight is 431 g/mol. The molecule has 0 radical (unpaired) electrons. The van der Waals surface area contributed by atoms with Crippen molar-refractivity contribution < 1.29 is 4.74 Å². The fourth-order valence-electron chi connectivity index (χ4n) is 4.71. The molecule has 4 aromatic rings. The van der Waals surface area contributed by atoms with Crippen LogP contribution in [-0.4, -0.2) is 4.98 Å². The third-order valence-corrected chi connectivity index (χ3v) is 6.62. The molecule has 0 fully saturated rings. The minimum Gasteiger partial charge on any atom is -0.489 e. The van der Waals surface area contributed by atoms with Crippen LogP contribution in [-0.2, 0) is 19.4 Å². The summed E-state index contributed by atoms with van der Waals surface area (Å²) >= 11 is 6.02. The Kier molecular flexibility index (Phi) is 5.71. The van der Waals surface area contributed by atoms with Gasteiger partial charge in [0, 0.05) is 27.7 Å². The maximum atomic E-state index is 6.58. The predicted molar refractivity (Wildman–Crippen MR) is 128 cm³/mol. The molecule has 3 N–H and O–H groups in total. The van der Waals surface area contributed by atoms with Gasteiger partial charge in [0.1, 0.15) is 12.4 Å². The van der Waals surface area contributed by atoms with E-state index in [0.29, 0.717) is 12.5 Å². The molecule has 4 heteroatoms. The van der Waals surface area contributed by atoms with Gasteiger partial charge in [-0.3, -0.25) is 0 Å². The lowest BCUT2D eigenvalue weighted by Gasteiger charge is -2.27. The van der Waals surface area contributed by atoms with Gasteiger partial charge >= 0.3 is 0 Å². The highest BCUT2D eigenvalue weighted by Crippen LogP contribution is 2.39. The van der Waals surface area contributed by atoms with E-state index < -0.39 is 0 Å². The smallest absolute Gasteiger partial charge is 0.120 e. The molecule has 0 spiro atoms. The monoisotopic (exact) mass is 430 g/mol. The van der Waals surface area contributed by atoms with Gasteiger partial charge in [-0.2, -0.15) is 0 Å². The molecule has 1 aliphatic carbocycles. The Labute approximate surface area is 188 Å². The van der Waals surface area contributed by atoms with E-state index in [9.17, 15) is 0 Å². The molecule has 1 heterocycles. The number of hydrogen-bond acceptors (Lipinski definition) is 2. The van der Waals surface area contributed by atoms with E-state index in [0.717, 1.165) is 42.0 Å². The molecule has 3 nitrogen and oxygen atoms in total. The zero-order chi connectivity index (χ0) is 21.2. The van der Waals surface area contributed by atoms with Crippen LogP contribution in [0.25, 0.3) is 10.9 Å². The van der Waals surface area contributed by atoms with Gasteiger partial charge in [0.25, 0.3) is 0 Å². The maximum absolute atomic E-state index is 6.58. The second-order valence-electron chi connectivity index (χ2n) is 8.58. The SMILES string of the molecule is NC1CC(CCc2ccc(Cl)cc2)Cc2c1[nH]c1ccc(OCc3ccccc3)cc21. The van der Waals surface area contributed by atoms with Crippen molar-refractivity contribution in [3.63, 3.8) is 0 Å². The Morgan fingerprint density at radius 1 is 0.968 bits per heavy atom. The van der Waals surface area contributed by atoms with Gasteiger partial charge in [0.15, 0.2) is 0 Å². The first kappa shape index (κ1) is 20.2. The normalized spacial score (nSPS) is 18.1. The summed E-state index contributed by atoms with van der Waals surface area (Å²) in [6.45, 7) is 0.572. The zero-order valence-electron chi connectivity index (χ0n) is 17.5. The molecule has 2 atom stereocenters. The number of aromatic amines is 1. The van der Waals surface area contributed by atoms with Crippen molar-refractivity contribution in [3.05, 3.63) is 100 Å². The Morgan fingerprint density at radius 3 is 2.58 bits per heavy atom. The third kappa shape index (κ3) is 4.48. The van der Waals surface area contributed by atoms with Gasteiger partial charge in [-0.05, 0) is 78.6 Å². The molecule has 31 heavy (non-hydrogen) atoms. The molecule has 0 saturated heterocycles. The lowest BCUT2D eigenvalue weighted by atomic mass is 9.81. The van der Waals surface area contributed by atoms with Gasteiger partial charge in [-0.1, -0.05) is 54.1 Å². The molecule has 2 unspecified atom stereocenters. The van der Waals surface area contributed by atoms with Crippen LogP contribution in [0, 0.1) is 5.92 Å². The topological polar surface area (TPSA) is 51.0 Å². The summed E-state index contributed by atoms with van der Waals surface area (Å²) in [5.74, 6) is 1.47. The number of ether oxygens (including phenoxy) is 1. The van der Waals surface area contributed by atoms with Crippen molar-refractivity contribution in [1.82, 2.24) is 4.98 Å². The zero-order valence-corrected chi connectivity index (χ0v) is 18.2. The number of halogens is 1. The van der Waals surface area contributed by atoms with Crippen LogP contribution in [0.3, 0.4) is 0 Å². The Morgan fingerprint density at radius 2 is 1.77 bits per heavy atom. The summed E-state index contributed by atoms with van der Waals surface area (Å²) in [6, 6.07) is 24.8. The maximum Gasteiger partial charge on any atom is 0.120 e. The average Bonchev–Trinajstić information content (AvgIpc) is 3.17. The number of nitrogens with two attached hydrogens (primary N) is 1. The van der Waals surface area contributed by atoms with Crippen molar-refractivity contribution in [2.45, 2.75) is 38.3 Å². The highest BCUT2D eigenvalue weighted by Gasteiger charge is 2.28. The van der Waals surface area contributed by atoms with Crippen molar-refractivity contribution in [2.24, 2.45) is 11.7 Å². The number of H-pyrrole nitrogens is 1. The van der Waals surface area contributed by atoms with Gasteiger partial charge in [0.2, 0.25) is 0 Å². The summed E-state index contributed by atoms with van der Waals surface area (Å²) in [5.41, 5.74) is 12.8. The molecule has 1 aromatic heterocycles. The Balaban J connectivity index is 1.33. The third-order valence-electron chi connectivity index (χ3n) is 6.36. The molecule has 1 aliphatic rings. The highest BCUT2D eigenvalue weighted by molar-refractivity contribution is 6.30. The van der Waals surface area contributed by atoms with Crippen LogP contribution in [0.4, 0.5) is 0 Å². The summed E-state index contributed by atoms with van der Waals surface area (Å²) in [6.07, 6.45) is 4.26. The Hall–Kier alpha value is -2.75. The van der Waals surface area contributed by atoms with Gasteiger partial charge in [-0.15, -0.1) is 0 Å². The first-order valence-electron chi connectivity index (χ1n) is 11.0. The number of nitrogens with one attached hydrogen (secondary N) is 1. The van der Waals surface area contributed by atoms with Crippen molar-refractivity contribution >= 4 is 22.5 Å². The van der Waals surface area contributed by atoms with E-state index in [1.807, 2.05) is 36.4 Å². The molecule has 0 saturated carbocycles. The summed E-state index contributed by atoms with van der Waals surface area (Å²) < 4.78 is 6.07. The molecular formula is C27H27ClN2O. The fraction of sp³-hybridized carbons (Fsp3) is 0.259. The van der Waals surface area contributed by atoms with Gasteiger partial charge in [0.05, 0.1) is 0 Å². The Bertz CT molecular complexity index is 1170. The van der Waals surface area contributed by atoms with Crippen molar-refractivity contribution in [3.8, 4) is 5.75 Å². The molecule has 0 amide bonds. The van der Waals surface area contributed by atoms with E-state index in [2.05, 4.69) is 41.4 Å². The van der Waals surface area contributed by atoms with Crippen LogP contribution in [0.5, 0.6) is 5.75 Å².